The Bertz CT molecular complexity index is 885. The molecular formula is C18H14F7NO3. The molecule has 158 valence electrons. The molecular weight excluding hydrogens is 411 g/mol. The summed E-state index contributed by atoms with van der Waals surface area (Å²) < 4.78 is 97.3. The molecule has 0 radical (unpaired) electrons. The SMILES string of the molecule is Cc1cc(C(F)(C(F)(F)F)C(F)(F)F)cc(C)c1OCc1cccc([N+](=O)[O-])c1. The number of ether oxygens (including phenoxy) is 1. The molecule has 2 aromatic carbocycles. The minimum absolute atomic E-state index is 0.0491. The summed E-state index contributed by atoms with van der Waals surface area (Å²) in [5.74, 6) is -0.0491. The van der Waals surface area contributed by atoms with Gasteiger partial charge in [0.15, 0.2) is 0 Å². The van der Waals surface area contributed by atoms with E-state index in [-0.39, 0.29) is 29.2 Å². The van der Waals surface area contributed by atoms with Gasteiger partial charge >= 0.3 is 18.0 Å². The number of nitro benzene ring substituents is 1. The molecule has 0 fully saturated rings. The Hall–Kier alpha value is -2.85. The van der Waals surface area contributed by atoms with Gasteiger partial charge in [-0.2, -0.15) is 26.3 Å². The van der Waals surface area contributed by atoms with Crippen molar-refractivity contribution in [2.75, 3.05) is 0 Å². The largest absolute Gasteiger partial charge is 0.488 e. The zero-order valence-electron chi connectivity index (χ0n) is 15.0. The Morgan fingerprint density at radius 1 is 0.931 bits per heavy atom. The molecule has 0 spiro atoms. The van der Waals surface area contributed by atoms with Crippen LogP contribution in [0.15, 0.2) is 36.4 Å². The lowest BCUT2D eigenvalue weighted by atomic mass is 9.91. The van der Waals surface area contributed by atoms with Crippen molar-refractivity contribution >= 4 is 5.69 Å². The Kier molecular flexibility index (Phi) is 5.82. The van der Waals surface area contributed by atoms with Crippen LogP contribution >= 0.6 is 0 Å². The summed E-state index contributed by atoms with van der Waals surface area (Å²) in [6.45, 7) is 2.11. The van der Waals surface area contributed by atoms with Crippen LogP contribution in [0.5, 0.6) is 5.75 Å². The fraction of sp³-hybridized carbons (Fsp3) is 0.333. The standard InChI is InChI=1S/C18H14F7NO3/c1-10-6-13(16(19,17(20,21)22)18(23,24)25)7-11(2)15(10)29-9-12-4-3-5-14(8-12)26(27)28/h3-8H,9H2,1-2H3. The highest BCUT2D eigenvalue weighted by atomic mass is 19.4. The highest BCUT2D eigenvalue weighted by Crippen LogP contribution is 2.53. The van der Waals surface area contributed by atoms with Crippen molar-refractivity contribution in [3.63, 3.8) is 0 Å². The molecule has 0 saturated carbocycles. The quantitative estimate of drug-likeness (QED) is 0.331. The summed E-state index contributed by atoms with van der Waals surface area (Å²) in [5.41, 5.74) is -7.30. The van der Waals surface area contributed by atoms with E-state index in [4.69, 9.17) is 4.74 Å². The van der Waals surface area contributed by atoms with Gasteiger partial charge < -0.3 is 4.74 Å². The van der Waals surface area contributed by atoms with Crippen LogP contribution in [0.1, 0.15) is 22.3 Å². The molecule has 0 atom stereocenters. The number of rotatable bonds is 5. The maximum Gasteiger partial charge on any atom is 0.435 e. The summed E-state index contributed by atoms with van der Waals surface area (Å²) >= 11 is 0. The maximum atomic E-state index is 14.2. The third-order valence-corrected chi connectivity index (χ3v) is 4.14. The van der Waals surface area contributed by atoms with Crippen molar-refractivity contribution in [1.29, 1.82) is 0 Å². The molecule has 0 aliphatic heterocycles. The van der Waals surface area contributed by atoms with Crippen molar-refractivity contribution in [2.45, 2.75) is 38.5 Å². The molecule has 0 aromatic heterocycles. The van der Waals surface area contributed by atoms with Crippen molar-refractivity contribution < 1.29 is 40.4 Å². The van der Waals surface area contributed by atoms with Crippen LogP contribution in [0.25, 0.3) is 0 Å². The highest BCUT2D eigenvalue weighted by Gasteiger charge is 2.73. The van der Waals surface area contributed by atoms with Gasteiger partial charge in [0.1, 0.15) is 12.4 Å². The lowest BCUT2D eigenvalue weighted by molar-refractivity contribution is -0.384. The summed E-state index contributed by atoms with van der Waals surface area (Å²) in [6, 6.07) is 6.19. The summed E-state index contributed by atoms with van der Waals surface area (Å²) in [6.07, 6.45) is -12.4. The molecule has 2 aromatic rings. The van der Waals surface area contributed by atoms with Gasteiger partial charge in [-0.15, -0.1) is 0 Å². The number of aryl methyl sites for hydroxylation is 2. The van der Waals surface area contributed by atoms with Gasteiger partial charge in [0.2, 0.25) is 0 Å². The molecule has 0 aliphatic rings. The van der Waals surface area contributed by atoms with Gasteiger partial charge in [-0.05, 0) is 42.7 Å². The number of benzene rings is 2. The zero-order chi connectivity index (χ0) is 22.2. The van der Waals surface area contributed by atoms with Crippen LogP contribution in [-0.2, 0) is 12.3 Å². The van der Waals surface area contributed by atoms with Crippen molar-refractivity contribution in [3.05, 3.63) is 68.8 Å². The van der Waals surface area contributed by atoms with Crippen LogP contribution in [0.2, 0.25) is 0 Å². The minimum atomic E-state index is -6.21. The second-order valence-electron chi connectivity index (χ2n) is 6.31. The van der Waals surface area contributed by atoms with E-state index in [1.165, 1.54) is 38.1 Å². The zero-order valence-corrected chi connectivity index (χ0v) is 15.0. The molecule has 0 N–H and O–H groups in total. The number of hydrogen-bond acceptors (Lipinski definition) is 3. The molecule has 0 bridgehead atoms. The first-order valence-corrected chi connectivity index (χ1v) is 7.98. The lowest BCUT2D eigenvalue weighted by Gasteiger charge is -2.31. The number of nitrogens with zero attached hydrogens (tertiary/aromatic N) is 1. The average Bonchev–Trinajstić information content (AvgIpc) is 2.58. The fourth-order valence-electron chi connectivity index (χ4n) is 2.78. The lowest BCUT2D eigenvalue weighted by Crippen LogP contribution is -2.50. The van der Waals surface area contributed by atoms with E-state index < -0.39 is 28.5 Å². The second kappa shape index (κ2) is 7.53. The molecule has 2 rings (SSSR count). The number of nitro groups is 1. The van der Waals surface area contributed by atoms with E-state index >= 15 is 0 Å². The van der Waals surface area contributed by atoms with E-state index in [1.54, 1.807) is 0 Å². The van der Waals surface area contributed by atoms with E-state index in [9.17, 15) is 40.8 Å². The van der Waals surface area contributed by atoms with E-state index in [1.807, 2.05) is 0 Å². The Balaban J connectivity index is 2.39. The van der Waals surface area contributed by atoms with Crippen LogP contribution in [0, 0.1) is 24.0 Å². The monoisotopic (exact) mass is 425 g/mol. The van der Waals surface area contributed by atoms with Gasteiger partial charge in [0.25, 0.3) is 5.69 Å². The Morgan fingerprint density at radius 3 is 1.90 bits per heavy atom. The van der Waals surface area contributed by atoms with E-state index in [2.05, 4.69) is 0 Å². The van der Waals surface area contributed by atoms with E-state index in [0.717, 1.165) is 0 Å². The number of halogens is 7. The minimum Gasteiger partial charge on any atom is -0.488 e. The summed E-state index contributed by atoms with van der Waals surface area (Å²) in [7, 11) is 0. The number of alkyl halides is 7. The fourth-order valence-corrected chi connectivity index (χ4v) is 2.78. The first-order valence-electron chi connectivity index (χ1n) is 7.98. The normalized spacial score (nSPS) is 12.7. The third kappa shape index (κ3) is 4.28. The van der Waals surface area contributed by atoms with E-state index in [0.29, 0.717) is 17.7 Å². The smallest absolute Gasteiger partial charge is 0.435 e. The van der Waals surface area contributed by atoms with Crippen LogP contribution in [-0.4, -0.2) is 17.3 Å². The predicted molar refractivity (Wildman–Crippen MR) is 88.2 cm³/mol. The Labute approximate surface area is 160 Å². The average molecular weight is 425 g/mol. The van der Waals surface area contributed by atoms with Crippen molar-refractivity contribution in [1.82, 2.24) is 0 Å². The van der Waals surface area contributed by atoms with Gasteiger partial charge in [0.05, 0.1) is 4.92 Å². The molecule has 0 heterocycles. The van der Waals surface area contributed by atoms with Gasteiger partial charge in [-0.25, -0.2) is 4.39 Å². The molecule has 11 heteroatoms. The van der Waals surface area contributed by atoms with Crippen LogP contribution in [0.4, 0.5) is 36.4 Å². The second-order valence-corrected chi connectivity index (χ2v) is 6.31. The van der Waals surface area contributed by atoms with Gasteiger partial charge in [-0.3, -0.25) is 10.1 Å². The summed E-state index contributed by atoms with van der Waals surface area (Å²) in [5, 5.41) is 10.8. The molecule has 0 saturated heterocycles. The van der Waals surface area contributed by atoms with Crippen molar-refractivity contribution in [3.8, 4) is 5.75 Å². The molecule has 29 heavy (non-hydrogen) atoms. The first-order chi connectivity index (χ1) is 13.2. The maximum absolute atomic E-state index is 14.2. The molecule has 0 amide bonds. The highest BCUT2D eigenvalue weighted by molar-refractivity contribution is 5.46. The number of non-ortho nitro benzene ring substituents is 1. The topological polar surface area (TPSA) is 52.4 Å². The van der Waals surface area contributed by atoms with Gasteiger partial charge in [0, 0.05) is 17.7 Å². The van der Waals surface area contributed by atoms with Crippen molar-refractivity contribution in [2.24, 2.45) is 0 Å². The Morgan fingerprint density at radius 2 is 1.45 bits per heavy atom. The first kappa shape index (κ1) is 22.4. The molecule has 0 unspecified atom stereocenters. The van der Waals surface area contributed by atoms with Crippen LogP contribution in [0.3, 0.4) is 0 Å². The molecule has 0 aliphatic carbocycles. The molecule has 4 nitrogen and oxygen atoms in total. The number of hydrogen-bond donors (Lipinski definition) is 0. The predicted octanol–water partition coefficient (Wildman–Crippen LogP) is 6.08. The van der Waals surface area contributed by atoms with Crippen LogP contribution < -0.4 is 4.74 Å². The third-order valence-electron chi connectivity index (χ3n) is 4.14. The van der Waals surface area contributed by atoms with Gasteiger partial charge in [-0.1, -0.05) is 12.1 Å². The summed E-state index contributed by atoms with van der Waals surface area (Å²) in [4.78, 5) is 10.1.